The summed E-state index contributed by atoms with van der Waals surface area (Å²) in [4.78, 5) is 2.21. The number of hydrogen-bond acceptors (Lipinski definition) is 5. The Balaban J connectivity index is 1.34. The molecule has 0 radical (unpaired) electrons. The van der Waals surface area contributed by atoms with E-state index in [1.807, 2.05) is 0 Å². The molecule has 3 atom stereocenters. The molecule has 0 amide bonds. The van der Waals surface area contributed by atoms with Gasteiger partial charge in [-0.25, -0.2) is 0 Å². The van der Waals surface area contributed by atoms with Crippen molar-refractivity contribution in [3.63, 3.8) is 0 Å². The summed E-state index contributed by atoms with van der Waals surface area (Å²) in [5.41, 5.74) is 4.66. The van der Waals surface area contributed by atoms with Crippen LogP contribution in [-0.2, 0) is 14.2 Å². The maximum Gasteiger partial charge on any atom is 0.156 e. The Morgan fingerprint density at radius 1 is 0.739 bits per heavy atom. The summed E-state index contributed by atoms with van der Waals surface area (Å²) in [7, 11) is 0. The summed E-state index contributed by atoms with van der Waals surface area (Å²) >= 11 is 0. The lowest BCUT2D eigenvalue weighted by molar-refractivity contribution is 0.344. The van der Waals surface area contributed by atoms with Crippen LogP contribution in [0.25, 0.3) is 11.1 Å². The van der Waals surface area contributed by atoms with Crippen molar-refractivity contribution in [3.05, 3.63) is 48.5 Å². The predicted molar refractivity (Wildman–Crippen MR) is 87.2 cm³/mol. The van der Waals surface area contributed by atoms with Crippen LogP contribution in [0.15, 0.2) is 48.5 Å². The molecular formula is C18H18N2O3. The Morgan fingerprint density at radius 2 is 1.26 bits per heavy atom. The molecular weight excluding hydrogens is 292 g/mol. The van der Waals surface area contributed by atoms with Gasteiger partial charge in [0.2, 0.25) is 0 Å². The summed E-state index contributed by atoms with van der Waals surface area (Å²) in [5.74, 6) is 0. The van der Waals surface area contributed by atoms with Crippen LogP contribution < -0.4 is 10.2 Å². The van der Waals surface area contributed by atoms with Crippen molar-refractivity contribution in [2.24, 2.45) is 0 Å². The van der Waals surface area contributed by atoms with Crippen LogP contribution in [0.4, 0.5) is 11.4 Å². The van der Waals surface area contributed by atoms with Crippen molar-refractivity contribution in [2.75, 3.05) is 30.0 Å². The second-order valence-electron chi connectivity index (χ2n) is 6.07. The number of benzene rings is 2. The van der Waals surface area contributed by atoms with E-state index in [0.717, 1.165) is 31.2 Å². The summed E-state index contributed by atoms with van der Waals surface area (Å²) in [6.45, 7) is 2.39. The third kappa shape index (κ3) is 2.91. The first kappa shape index (κ1) is 13.4. The van der Waals surface area contributed by atoms with Crippen molar-refractivity contribution in [2.45, 2.75) is 18.7 Å². The fraction of sp³-hybridized carbons (Fsp3) is 0.333. The minimum Gasteiger partial charge on any atom is -0.358 e. The first-order chi connectivity index (χ1) is 11.4. The van der Waals surface area contributed by atoms with Crippen LogP contribution in [-0.4, -0.2) is 38.5 Å². The zero-order valence-corrected chi connectivity index (χ0v) is 12.6. The second kappa shape index (κ2) is 5.23. The van der Waals surface area contributed by atoms with Crippen LogP contribution in [0, 0.1) is 0 Å². The first-order valence-electron chi connectivity index (χ1n) is 7.97. The highest BCUT2D eigenvalue weighted by molar-refractivity contribution is 5.68. The molecule has 5 rings (SSSR count). The van der Waals surface area contributed by atoms with Crippen molar-refractivity contribution in [1.29, 1.82) is 0 Å². The van der Waals surface area contributed by atoms with Gasteiger partial charge in [-0.15, -0.1) is 0 Å². The maximum absolute atomic E-state index is 5.42. The van der Waals surface area contributed by atoms with Gasteiger partial charge < -0.3 is 24.4 Å². The van der Waals surface area contributed by atoms with Crippen molar-refractivity contribution in [3.8, 4) is 11.1 Å². The highest BCUT2D eigenvalue weighted by Crippen LogP contribution is 2.33. The van der Waals surface area contributed by atoms with Gasteiger partial charge in [-0.3, -0.25) is 0 Å². The van der Waals surface area contributed by atoms with Gasteiger partial charge in [-0.05, 0) is 35.4 Å². The summed E-state index contributed by atoms with van der Waals surface area (Å²) in [5, 5.41) is 3.30. The topological polar surface area (TPSA) is 52.9 Å². The Labute approximate surface area is 134 Å². The number of nitrogens with zero attached hydrogens (tertiary/aromatic N) is 1. The van der Waals surface area contributed by atoms with Crippen molar-refractivity contribution in [1.82, 2.24) is 0 Å². The quantitative estimate of drug-likeness (QED) is 0.831. The Hall–Kier alpha value is -2.08. The van der Waals surface area contributed by atoms with Gasteiger partial charge in [0, 0.05) is 11.4 Å². The van der Waals surface area contributed by atoms with Gasteiger partial charge in [0.1, 0.15) is 0 Å². The van der Waals surface area contributed by atoms with E-state index in [2.05, 4.69) is 58.7 Å². The fourth-order valence-electron chi connectivity index (χ4n) is 2.83. The lowest BCUT2D eigenvalue weighted by atomic mass is 10.0. The molecule has 3 heterocycles. The molecule has 3 aliphatic rings. The Kier molecular flexibility index (Phi) is 3.04. The number of nitrogens with one attached hydrogen (secondary N) is 1. The van der Waals surface area contributed by atoms with E-state index in [-0.39, 0.29) is 18.7 Å². The lowest BCUT2D eigenvalue weighted by Gasteiger charge is -2.20. The van der Waals surface area contributed by atoms with Crippen LogP contribution in [0.1, 0.15) is 0 Å². The number of anilines is 2. The number of ether oxygens (including phenoxy) is 3. The Morgan fingerprint density at radius 3 is 1.74 bits per heavy atom. The number of rotatable bonds is 6. The van der Waals surface area contributed by atoms with E-state index < -0.39 is 0 Å². The molecule has 0 saturated carbocycles. The molecule has 5 heteroatoms. The second-order valence-corrected chi connectivity index (χ2v) is 6.07. The molecule has 0 aliphatic carbocycles. The van der Waals surface area contributed by atoms with Gasteiger partial charge in [-0.1, -0.05) is 24.3 Å². The van der Waals surface area contributed by atoms with Gasteiger partial charge in [0.05, 0.1) is 19.8 Å². The molecule has 3 unspecified atom stereocenters. The van der Waals surface area contributed by atoms with E-state index >= 15 is 0 Å². The fourth-order valence-corrected chi connectivity index (χ4v) is 2.83. The van der Waals surface area contributed by atoms with E-state index in [1.165, 1.54) is 11.1 Å². The molecule has 23 heavy (non-hydrogen) atoms. The zero-order valence-electron chi connectivity index (χ0n) is 12.6. The molecule has 1 N–H and O–H groups in total. The largest absolute Gasteiger partial charge is 0.358 e. The highest BCUT2D eigenvalue weighted by Gasteiger charge is 2.41. The standard InChI is InChI=1S/C18H18N2O3/c1-5-14(19-16-9-21-16)6-2-12(1)13-3-7-15(8-4-13)20(17-10-22-17)18-11-23-18/h1-8,16-19H,9-11H2. The normalized spacial score (nSPS) is 27.4. The lowest BCUT2D eigenvalue weighted by Crippen LogP contribution is -2.29. The predicted octanol–water partition coefficient (Wildman–Crippen LogP) is 2.64. The van der Waals surface area contributed by atoms with Crippen molar-refractivity contribution >= 4 is 11.4 Å². The SMILES string of the molecule is c1cc(-c2ccc(N(C3CO3)C3CO3)cc2)ccc1NC1CO1. The maximum atomic E-state index is 5.42. The summed E-state index contributed by atoms with van der Waals surface area (Å²) in [6.07, 6.45) is 0.562. The third-order valence-corrected chi connectivity index (χ3v) is 4.30. The molecule has 0 spiro atoms. The molecule has 118 valence electrons. The van der Waals surface area contributed by atoms with Crippen LogP contribution in [0.2, 0.25) is 0 Å². The van der Waals surface area contributed by atoms with Gasteiger partial charge >= 0.3 is 0 Å². The number of hydrogen-bond donors (Lipinski definition) is 1. The zero-order chi connectivity index (χ0) is 15.2. The minimum atomic E-state index is 0.184. The highest BCUT2D eigenvalue weighted by atomic mass is 16.6. The molecule has 0 bridgehead atoms. The Bertz CT molecular complexity index is 677. The monoisotopic (exact) mass is 310 g/mol. The van der Waals surface area contributed by atoms with E-state index in [0.29, 0.717) is 0 Å². The number of epoxide rings is 3. The van der Waals surface area contributed by atoms with E-state index in [1.54, 1.807) is 0 Å². The van der Waals surface area contributed by atoms with E-state index in [4.69, 9.17) is 14.2 Å². The summed E-state index contributed by atoms with van der Waals surface area (Å²) < 4.78 is 16.0. The van der Waals surface area contributed by atoms with Crippen LogP contribution >= 0.6 is 0 Å². The third-order valence-electron chi connectivity index (χ3n) is 4.30. The average molecular weight is 310 g/mol. The summed E-state index contributed by atoms with van der Waals surface area (Å²) in [6, 6.07) is 17.0. The molecule has 2 aromatic carbocycles. The van der Waals surface area contributed by atoms with E-state index in [9.17, 15) is 0 Å². The molecule has 2 aromatic rings. The molecule has 3 fully saturated rings. The smallest absolute Gasteiger partial charge is 0.156 e. The van der Waals surface area contributed by atoms with Crippen LogP contribution in [0.3, 0.4) is 0 Å². The molecule has 0 aromatic heterocycles. The van der Waals surface area contributed by atoms with Gasteiger partial charge in [-0.2, -0.15) is 0 Å². The molecule has 3 saturated heterocycles. The molecule has 3 aliphatic heterocycles. The van der Waals surface area contributed by atoms with Gasteiger partial charge in [0.15, 0.2) is 18.7 Å². The van der Waals surface area contributed by atoms with Gasteiger partial charge in [0.25, 0.3) is 0 Å². The average Bonchev–Trinajstić information content (AvgIpc) is 3.44. The first-order valence-corrected chi connectivity index (χ1v) is 7.97. The minimum absolute atomic E-state index is 0.184. The van der Waals surface area contributed by atoms with Crippen molar-refractivity contribution < 1.29 is 14.2 Å². The van der Waals surface area contributed by atoms with Crippen LogP contribution in [0.5, 0.6) is 0 Å². The molecule has 5 nitrogen and oxygen atoms in total.